The molecular weight excluding hydrogens is 402 g/mol. The molecule has 4 rings (SSSR count). The fraction of sp³-hybridized carbons (Fsp3) is 0.259. The van der Waals surface area contributed by atoms with Crippen LogP contribution in [0.25, 0.3) is 0 Å². The van der Waals surface area contributed by atoms with E-state index < -0.39 is 0 Å². The van der Waals surface area contributed by atoms with Crippen LogP contribution >= 0.6 is 0 Å². The number of anilines is 1. The van der Waals surface area contributed by atoms with Crippen LogP contribution in [0.15, 0.2) is 54.6 Å². The first-order valence-corrected chi connectivity index (χ1v) is 10.9. The standard InChI is InChI=1S/C27H27NO4/c1-15(2)13-17-9-5-8-12-21(17)32-22-14-20(29)23-24(25(22)28-16(3)4)27(31)19-11-7-6-10-18(19)26(23)30/h5-12,14-16,28-29H,13H2,1-4H3. The molecule has 5 nitrogen and oxygen atoms in total. The summed E-state index contributed by atoms with van der Waals surface area (Å²) < 4.78 is 6.27. The summed E-state index contributed by atoms with van der Waals surface area (Å²) in [4.78, 5) is 26.6. The molecule has 0 atom stereocenters. The minimum atomic E-state index is -0.369. The van der Waals surface area contributed by atoms with E-state index in [1.807, 2.05) is 38.1 Å². The molecule has 0 fully saturated rings. The van der Waals surface area contributed by atoms with E-state index in [9.17, 15) is 14.7 Å². The highest BCUT2D eigenvalue weighted by molar-refractivity contribution is 6.31. The Morgan fingerprint density at radius 1 is 0.844 bits per heavy atom. The summed E-state index contributed by atoms with van der Waals surface area (Å²) in [5.41, 5.74) is 2.24. The number of ether oxygens (including phenoxy) is 1. The number of phenols is 1. The Hall–Kier alpha value is -3.60. The van der Waals surface area contributed by atoms with Gasteiger partial charge in [0.25, 0.3) is 0 Å². The monoisotopic (exact) mass is 429 g/mol. The van der Waals surface area contributed by atoms with E-state index in [1.165, 1.54) is 6.07 Å². The smallest absolute Gasteiger partial charge is 0.198 e. The number of aromatic hydroxyl groups is 1. The lowest BCUT2D eigenvalue weighted by molar-refractivity contribution is 0.0977. The van der Waals surface area contributed by atoms with Crippen molar-refractivity contribution >= 4 is 17.3 Å². The van der Waals surface area contributed by atoms with Gasteiger partial charge in [0.05, 0.1) is 16.8 Å². The van der Waals surface area contributed by atoms with Crippen molar-refractivity contribution in [3.8, 4) is 17.2 Å². The summed E-state index contributed by atoms with van der Waals surface area (Å²) in [7, 11) is 0. The van der Waals surface area contributed by atoms with Crippen molar-refractivity contribution in [2.24, 2.45) is 5.92 Å². The number of hydrogen-bond acceptors (Lipinski definition) is 5. The van der Waals surface area contributed by atoms with Crippen LogP contribution in [-0.4, -0.2) is 22.7 Å². The molecule has 32 heavy (non-hydrogen) atoms. The fourth-order valence-electron chi connectivity index (χ4n) is 4.09. The molecule has 2 N–H and O–H groups in total. The third kappa shape index (κ3) is 3.86. The van der Waals surface area contributed by atoms with Crippen LogP contribution in [0.1, 0.15) is 65.1 Å². The first-order valence-electron chi connectivity index (χ1n) is 10.9. The molecule has 0 bridgehead atoms. The van der Waals surface area contributed by atoms with E-state index in [0.29, 0.717) is 34.2 Å². The predicted octanol–water partition coefficient (Wildman–Crippen LogP) is 5.98. The number of benzene rings is 3. The zero-order valence-corrected chi connectivity index (χ0v) is 18.7. The molecule has 0 saturated carbocycles. The molecule has 0 amide bonds. The molecule has 0 spiro atoms. The van der Waals surface area contributed by atoms with E-state index in [-0.39, 0.29) is 34.5 Å². The molecule has 0 unspecified atom stereocenters. The van der Waals surface area contributed by atoms with Crippen molar-refractivity contribution in [1.29, 1.82) is 0 Å². The molecule has 164 valence electrons. The molecule has 1 aliphatic carbocycles. The van der Waals surface area contributed by atoms with Gasteiger partial charge in [-0.05, 0) is 37.8 Å². The molecular formula is C27H27NO4. The lowest BCUT2D eigenvalue weighted by Crippen LogP contribution is -2.24. The van der Waals surface area contributed by atoms with Crippen molar-refractivity contribution in [2.45, 2.75) is 40.2 Å². The van der Waals surface area contributed by atoms with E-state index >= 15 is 0 Å². The number of rotatable bonds is 6. The first kappa shape index (κ1) is 21.6. The zero-order valence-electron chi connectivity index (χ0n) is 18.7. The van der Waals surface area contributed by atoms with Gasteiger partial charge in [-0.3, -0.25) is 9.59 Å². The molecule has 3 aromatic rings. The Balaban J connectivity index is 1.90. The minimum Gasteiger partial charge on any atom is -0.507 e. The molecule has 5 heteroatoms. The Morgan fingerprint density at radius 3 is 2.06 bits per heavy atom. The molecule has 1 aliphatic rings. The maximum Gasteiger partial charge on any atom is 0.198 e. The Morgan fingerprint density at radius 2 is 1.44 bits per heavy atom. The van der Waals surface area contributed by atoms with Gasteiger partial charge in [-0.25, -0.2) is 0 Å². The molecule has 0 aromatic heterocycles. The van der Waals surface area contributed by atoms with Crippen LogP contribution in [0.3, 0.4) is 0 Å². The Bertz CT molecular complexity index is 1210. The number of carbonyl (C=O) groups is 2. The third-order valence-corrected chi connectivity index (χ3v) is 5.39. The average molecular weight is 430 g/mol. The van der Waals surface area contributed by atoms with Gasteiger partial charge in [-0.2, -0.15) is 0 Å². The molecule has 3 aromatic carbocycles. The van der Waals surface area contributed by atoms with Crippen LogP contribution in [-0.2, 0) is 6.42 Å². The van der Waals surface area contributed by atoms with E-state index in [1.54, 1.807) is 24.3 Å². The van der Waals surface area contributed by atoms with Gasteiger partial charge in [0.2, 0.25) is 0 Å². The molecule has 0 aliphatic heterocycles. The SMILES string of the molecule is CC(C)Cc1ccccc1Oc1cc(O)c2c(c1NC(C)C)C(=O)c1ccccc1C2=O. The number of ketones is 2. The Kier molecular flexibility index (Phi) is 5.74. The maximum atomic E-state index is 13.5. The summed E-state index contributed by atoms with van der Waals surface area (Å²) in [5, 5.41) is 14.1. The average Bonchev–Trinajstić information content (AvgIpc) is 2.74. The van der Waals surface area contributed by atoms with Crippen molar-refractivity contribution in [3.05, 3.63) is 82.4 Å². The van der Waals surface area contributed by atoms with Crippen LogP contribution in [0.5, 0.6) is 17.2 Å². The van der Waals surface area contributed by atoms with Gasteiger partial charge in [-0.15, -0.1) is 0 Å². The number of phenolic OH excluding ortho intramolecular Hbond substituents is 1. The van der Waals surface area contributed by atoms with Crippen LogP contribution in [0.2, 0.25) is 0 Å². The topological polar surface area (TPSA) is 75.6 Å². The van der Waals surface area contributed by atoms with Crippen LogP contribution in [0.4, 0.5) is 5.69 Å². The van der Waals surface area contributed by atoms with Gasteiger partial charge in [-0.1, -0.05) is 56.3 Å². The predicted molar refractivity (Wildman–Crippen MR) is 125 cm³/mol. The second kappa shape index (κ2) is 8.50. The van der Waals surface area contributed by atoms with Gasteiger partial charge in [0.1, 0.15) is 11.5 Å². The van der Waals surface area contributed by atoms with Crippen LogP contribution < -0.4 is 10.1 Å². The second-order valence-corrected chi connectivity index (χ2v) is 8.83. The van der Waals surface area contributed by atoms with Crippen LogP contribution in [0, 0.1) is 5.92 Å². The fourth-order valence-corrected chi connectivity index (χ4v) is 4.09. The number of nitrogens with one attached hydrogen (secondary N) is 1. The van der Waals surface area contributed by atoms with E-state index in [2.05, 4.69) is 19.2 Å². The van der Waals surface area contributed by atoms with Gasteiger partial charge < -0.3 is 15.2 Å². The summed E-state index contributed by atoms with van der Waals surface area (Å²) >= 11 is 0. The quantitative estimate of drug-likeness (QED) is 0.369. The highest BCUT2D eigenvalue weighted by Crippen LogP contribution is 2.44. The highest BCUT2D eigenvalue weighted by atomic mass is 16.5. The largest absolute Gasteiger partial charge is 0.507 e. The number of para-hydroxylation sites is 1. The van der Waals surface area contributed by atoms with Crippen molar-refractivity contribution in [3.63, 3.8) is 0 Å². The summed E-state index contributed by atoms with van der Waals surface area (Å²) in [6.45, 7) is 8.15. The third-order valence-electron chi connectivity index (χ3n) is 5.39. The normalized spacial score (nSPS) is 12.7. The number of carbonyl (C=O) groups excluding carboxylic acids is 2. The number of fused-ring (bicyclic) bond motifs is 2. The summed E-state index contributed by atoms with van der Waals surface area (Å²) in [6, 6.07) is 15.8. The lowest BCUT2D eigenvalue weighted by atomic mass is 9.82. The van der Waals surface area contributed by atoms with Gasteiger partial charge in [0, 0.05) is 23.2 Å². The zero-order chi connectivity index (χ0) is 23.0. The molecule has 0 saturated heterocycles. The minimum absolute atomic E-state index is 0.0136. The van der Waals surface area contributed by atoms with Crippen molar-refractivity contribution in [2.75, 3.05) is 5.32 Å². The Labute approximate surface area is 188 Å². The summed E-state index contributed by atoms with van der Waals surface area (Å²) in [6.07, 6.45) is 0.824. The van der Waals surface area contributed by atoms with E-state index in [4.69, 9.17) is 4.74 Å². The van der Waals surface area contributed by atoms with E-state index in [0.717, 1.165) is 12.0 Å². The highest BCUT2D eigenvalue weighted by Gasteiger charge is 2.36. The lowest BCUT2D eigenvalue weighted by Gasteiger charge is -2.25. The van der Waals surface area contributed by atoms with Gasteiger partial charge in [0.15, 0.2) is 17.3 Å². The molecule has 0 radical (unpaired) electrons. The number of hydrogen-bond donors (Lipinski definition) is 2. The maximum absolute atomic E-state index is 13.5. The summed E-state index contributed by atoms with van der Waals surface area (Å²) in [5.74, 6) is 0.453. The van der Waals surface area contributed by atoms with Gasteiger partial charge >= 0.3 is 0 Å². The second-order valence-electron chi connectivity index (χ2n) is 8.83. The molecule has 0 heterocycles. The van der Waals surface area contributed by atoms with Crippen molar-refractivity contribution in [1.82, 2.24) is 0 Å². The van der Waals surface area contributed by atoms with Crippen molar-refractivity contribution < 1.29 is 19.4 Å². The first-order chi connectivity index (χ1) is 15.3.